The number of rotatable bonds is 11. The molecule has 7 nitrogen and oxygen atoms in total. The Morgan fingerprint density at radius 1 is 1.09 bits per heavy atom. The molecule has 1 atom stereocenters. The van der Waals surface area contributed by atoms with Crippen molar-refractivity contribution in [3.05, 3.63) is 38.0 Å². The average Bonchev–Trinajstić information content (AvgIpc) is 2.55. The molecule has 0 aliphatic carbocycles. The number of nitrogens with zero attached hydrogens (tertiary/aromatic N) is 3. The molecular formula is C16H25N3O4. The van der Waals surface area contributed by atoms with Gasteiger partial charge in [-0.2, -0.15) is 4.99 Å². The van der Waals surface area contributed by atoms with Gasteiger partial charge in [0.2, 0.25) is 6.35 Å². The van der Waals surface area contributed by atoms with E-state index in [1.807, 2.05) is 0 Å². The molecule has 0 radical (unpaired) electrons. The van der Waals surface area contributed by atoms with E-state index in [0.29, 0.717) is 38.7 Å². The maximum atomic E-state index is 9.26. The van der Waals surface area contributed by atoms with Crippen molar-refractivity contribution in [2.24, 2.45) is 9.98 Å². The summed E-state index contributed by atoms with van der Waals surface area (Å²) in [5.74, 6) is 0. The van der Waals surface area contributed by atoms with Crippen LogP contribution in [0, 0.1) is 0 Å². The molecule has 23 heavy (non-hydrogen) atoms. The zero-order valence-electron chi connectivity index (χ0n) is 13.4. The molecule has 1 rings (SSSR count). The number of amidine groups is 2. The maximum Gasteiger partial charge on any atom is 0.320 e. The molecule has 0 aromatic heterocycles. The molecule has 0 bridgehead atoms. The van der Waals surface area contributed by atoms with E-state index in [4.69, 9.17) is 14.2 Å². The first-order valence-corrected chi connectivity index (χ1v) is 7.50. The van der Waals surface area contributed by atoms with Crippen molar-refractivity contribution in [1.29, 1.82) is 0 Å². The second-order valence-corrected chi connectivity index (χ2v) is 4.52. The molecule has 128 valence electrons. The first kappa shape index (κ1) is 18.9. The smallest absolute Gasteiger partial charge is 0.320 e. The van der Waals surface area contributed by atoms with E-state index in [1.165, 1.54) is 0 Å². The van der Waals surface area contributed by atoms with E-state index in [-0.39, 0.29) is 19.2 Å². The quantitative estimate of drug-likeness (QED) is 0.462. The highest BCUT2D eigenvalue weighted by molar-refractivity contribution is 5.91. The fraction of sp³-hybridized carbons (Fsp3) is 0.500. The molecule has 0 fully saturated rings. The molecule has 0 aromatic rings. The normalized spacial score (nSPS) is 17.1. The Kier molecular flexibility index (Phi) is 9.42. The minimum Gasteiger partial charge on any atom is -0.464 e. The van der Waals surface area contributed by atoms with Crippen molar-refractivity contribution in [2.75, 3.05) is 33.0 Å². The lowest BCUT2D eigenvalue weighted by Gasteiger charge is -2.32. The number of aliphatic hydroxyl groups excluding tert-OH is 1. The van der Waals surface area contributed by atoms with Gasteiger partial charge in [-0.15, -0.1) is 24.7 Å². The van der Waals surface area contributed by atoms with Crippen molar-refractivity contribution in [3.8, 4) is 0 Å². The van der Waals surface area contributed by atoms with Crippen molar-refractivity contribution >= 4 is 12.0 Å². The van der Waals surface area contributed by atoms with Crippen molar-refractivity contribution in [3.63, 3.8) is 0 Å². The number of hydrogen-bond donors (Lipinski definition) is 1. The molecule has 7 heteroatoms. The number of ether oxygens (including phenoxy) is 3. The van der Waals surface area contributed by atoms with Gasteiger partial charge in [-0.05, 0) is 12.8 Å². The van der Waals surface area contributed by atoms with Gasteiger partial charge in [0.1, 0.15) is 0 Å². The molecule has 0 aromatic carbocycles. The van der Waals surface area contributed by atoms with Crippen LogP contribution in [-0.4, -0.2) is 61.4 Å². The average molecular weight is 323 g/mol. The third kappa shape index (κ3) is 6.66. The summed E-state index contributed by atoms with van der Waals surface area (Å²) >= 11 is 0. The summed E-state index contributed by atoms with van der Waals surface area (Å²) in [7, 11) is 0. The molecular weight excluding hydrogens is 298 g/mol. The summed E-state index contributed by atoms with van der Waals surface area (Å²) in [6.45, 7) is 12.2. The Hall–Kier alpha value is -2.12. The molecule has 1 heterocycles. The van der Waals surface area contributed by atoms with Crippen LogP contribution >= 0.6 is 0 Å². The molecule has 1 aliphatic rings. The van der Waals surface area contributed by atoms with Crippen LogP contribution in [0.2, 0.25) is 0 Å². The molecule has 0 amide bonds. The van der Waals surface area contributed by atoms with Crippen LogP contribution in [0.25, 0.3) is 0 Å². The van der Waals surface area contributed by atoms with Gasteiger partial charge in [0.25, 0.3) is 6.02 Å². The fourth-order valence-corrected chi connectivity index (χ4v) is 1.68. The second-order valence-electron chi connectivity index (χ2n) is 4.52. The van der Waals surface area contributed by atoms with Gasteiger partial charge >= 0.3 is 6.02 Å². The van der Waals surface area contributed by atoms with Crippen LogP contribution in [0.5, 0.6) is 0 Å². The van der Waals surface area contributed by atoms with E-state index in [0.717, 1.165) is 0 Å². The molecule has 0 saturated heterocycles. The highest BCUT2D eigenvalue weighted by Crippen LogP contribution is 2.13. The van der Waals surface area contributed by atoms with E-state index in [2.05, 4.69) is 29.7 Å². The third-order valence-corrected chi connectivity index (χ3v) is 2.73. The minimum atomic E-state index is -0.685. The van der Waals surface area contributed by atoms with E-state index >= 15 is 0 Å². The van der Waals surface area contributed by atoms with Crippen LogP contribution < -0.4 is 0 Å². The Labute approximate surface area is 137 Å². The van der Waals surface area contributed by atoms with Crippen LogP contribution in [-0.2, 0) is 14.2 Å². The highest BCUT2D eigenvalue weighted by Gasteiger charge is 2.29. The zero-order valence-corrected chi connectivity index (χ0v) is 13.4. The Balaban J connectivity index is 2.86. The summed E-state index contributed by atoms with van der Waals surface area (Å²) in [5, 5.41) is 9.26. The highest BCUT2D eigenvalue weighted by atomic mass is 16.6. The van der Waals surface area contributed by atoms with Crippen molar-refractivity contribution in [2.45, 2.75) is 19.2 Å². The Morgan fingerprint density at radius 2 is 1.78 bits per heavy atom. The Morgan fingerprint density at radius 3 is 2.39 bits per heavy atom. The molecule has 1 unspecified atom stereocenters. The van der Waals surface area contributed by atoms with E-state index in [9.17, 15) is 5.11 Å². The minimum absolute atomic E-state index is 0.0834. The van der Waals surface area contributed by atoms with Gasteiger partial charge in [-0.25, -0.2) is 0 Å². The van der Waals surface area contributed by atoms with E-state index in [1.54, 1.807) is 23.1 Å². The number of β-amino-alcohol motifs (C(OH)–C–C–N with tert-alkyl or cyclic N) is 1. The predicted molar refractivity (Wildman–Crippen MR) is 90.1 cm³/mol. The van der Waals surface area contributed by atoms with E-state index < -0.39 is 6.35 Å². The van der Waals surface area contributed by atoms with Crippen molar-refractivity contribution < 1.29 is 19.3 Å². The van der Waals surface area contributed by atoms with Gasteiger partial charge in [0.05, 0.1) is 26.4 Å². The van der Waals surface area contributed by atoms with Gasteiger partial charge in [-0.3, -0.25) is 4.90 Å². The van der Waals surface area contributed by atoms with Gasteiger partial charge < -0.3 is 19.3 Å². The van der Waals surface area contributed by atoms with Crippen molar-refractivity contribution in [1.82, 2.24) is 4.90 Å². The topological polar surface area (TPSA) is 75.9 Å². The third-order valence-electron chi connectivity index (χ3n) is 2.73. The predicted octanol–water partition coefficient (Wildman–Crippen LogP) is 1.68. The number of hydrogen-bond acceptors (Lipinski definition) is 7. The fourth-order valence-electron chi connectivity index (χ4n) is 1.68. The molecule has 1 aliphatic heterocycles. The largest absolute Gasteiger partial charge is 0.464 e. The van der Waals surface area contributed by atoms with Crippen LogP contribution in [0.3, 0.4) is 0 Å². The monoisotopic (exact) mass is 323 g/mol. The lowest BCUT2D eigenvalue weighted by molar-refractivity contribution is -0.0276. The summed E-state index contributed by atoms with van der Waals surface area (Å²) in [6.07, 6.45) is 5.79. The zero-order chi connectivity index (χ0) is 16.9. The first-order chi connectivity index (χ1) is 11.3. The summed E-state index contributed by atoms with van der Waals surface area (Å²) in [6, 6.07) is 0.488. The summed E-state index contributed by atoms with van der Waals surface area (Å²) in [4.78, 5) is 10.2. The second kappa shape index (κ2) is 11.4. The van der Waals surface area contributed by atoms with Crippen LogP contribution in [0.15, 0.2) is 47.9 Å². The molecule has 0 saturated carbocycles. The van der Waals surface area contributed by atoms with Crippen LogP contribution in [0.4, 0.5) is 0 Å². The molecule has 0 spiro atoms. The summed E-state index contributed by atoms with van der Waals surface area (Å²) in [5.41, 5.74) is 0. The first-order valence-electron chi connectivity index (χ1n) is 7.50. The lowest BCUT2D eigenvalue weighted by atomic mass is 10.4. The maximum absolute atomic E-state index is 9.26. The standard InChI is InChI=1S/C16H25N3O4/c1-4-7-12-21-14-17-15(22-11-6-3)19(9-10-20)16(18-14)23-13-8-5-2/h4-6,15,20H,1-3,7-13H2. The number of aliphatic hydroxyl groups is 1. The Bertz CT molecular complexity index is 449. The van der Waals surface area contributed by atoms with Crippen LogP contribution in [0.1, 0.15) is 12.8 Å². The van der Waals surface area contributed by atoms with Gasteiger partial charge in [0.15, 0.2) is 0 Å². The lowest BCUT2D eigenvalue weighted by Crippen LogP contribution is -2.47. The number of aliphatic imine (C=N–C) groups is 2. The molecule has 1 N–H and O–H groups in total. The SMILES string of the molecule is C=CCCOC1=NC(OCC=C)N(CCO)C(OCCC=C)=N1. The summed E-state index contributed by atoms with van der Waals surface area (Å²) < 4.78 is 16.7. The van der Waals surface area contributed by atoms with Gasteiger partial charge in [0, 0.05) is 6.54 Å². The van der Waals surface area contributed by atoms with Gasteiger partial charge in [-0.1, -0.05) is 18.2 Å².